The molecule has 0 aromatic carbocycles. The maximum Gasteiger partial charge on any atom is 0.305 e. The average Bonchev–Trinajstić information content (AvgIpc) is 2.40. The number of aliphatic hydroxyl groups excluding tert-OH is 1. The van der Waals surface area contributed by atoms with Crippen LogP contribution in [0.5, 0.6) is 0 Å². The normalized spacial score (nSPS) is 23.3. The molecule has 2 N–H and O–H groups in total. The van der Waals surface area contributed by atoms with E-state index in [1.165, 1.54) is 0 Å². The van der Waals surface area contributed by atoms with Gasteiger partial charge in [-0.25, -0.2) is 0 Å². The van der Waals surface area contributed by atoms with Crippen molar-refractivity contribution in [3.05, 3.63) is 0 Å². The predicted octanol–water partition coefficient (Wildman–Crippen LogP) is 2.25. The van der Waals surface area contributed by atoms with Crippen LogP contribution in [0.3, 0.4) is 0 Å². The van der Waals surface area contributed by atoms with Crippen LogP contribution in [0.2, 0.25) is 0 Å². The van der Waals surface area contributed by atoms with E-state index in [-0.39, 0.29) is 12.1 Å². The lowest BCUT2D eigenvalue weighted by atomic mass is 9.87. The van der Waals surface area contributed by atoms with Crippen LogP contribution in [-0.2, 0) is 9.53 Å². The Bertz CT molecular complexity index is 238. The van der Waals surface area contributed by atoms with Crippen molar-refractivity contribution in [2.75, 3.05) is 19.7 Å². The standard InChI is InChI=1S/C15H29NO3/c1-2-19-15(18)6-4-3-5-11-16-12-13-7-9-14(17)10-8-13/h13-14,16-17H,2-12H2,1H3. The second-order valence-corrected chi connectivity index (χ2v) is 5.49. The van der Waals surface area contributed by atoms with E-state index < -0.39 is 0 Å². The zero-order chi connectivity index (χ0) is 13.9. The highest BCUT2D eigenvalue weighted by Crippen LogP contribution is 2.23. The molecule has 4 heteroatoms. The molecule has 0 atom stereocenters. The van der Waals surface area contributed by atoms with Crippen molar-refractivity contribution >= 4 is 5.97 Å². The number of carbonyl (C=O) groups excluding carboxylic acids is 1. The Morgan fingerprint density at radius 3 is 2.63 bits per heavy atom. The first-order valence-corrected chi connectivity index (χ1v) is 7.76. The molecule has 0 bridgehead atoms. The number of esters is 1. The Labute approximate surface area is 116 Å². The molecule has 0 saturated heterocycles. The minimum Gasteiger partial charge on any atom is -0.466 e. The van der Waals surface area contributed by atoms with E-state index in [1.807, 2.05) is 6.92 Å². The zero-order valence-corrected chi connectivity index (χ0v) is 12.2. The molecule has 0 unspecified atom stereocenters. The molecule has 1 saturated carbocycles. The molecule has 19 heavy (non-hydrogen) atoms. The molecular formula is C15H29NO3. The van der Waals surface area contributed by atoms with Gasteiger partial charge in [-0.3, -0.25) is 4.79 Å². The molecular weight excluding hydrogens is 242 g/mol. The van der Waals surface area contributed by atoms with Crippen LogP contribution in [0.4, 0.5) is 0 Å². The lowest BCUT2D eigenvalue weighted by molar-refractivity contribution is -0.143. The molecule has 1 aliphatic rings. The van der Waals surface area contributed by atoms with Gasteiger partial charge < -0.3 is 15.2 Å². The van der Waals surface area contributed by atoms with E-state index >= 15 is 0 Å². The average molecular weight is 271 g/mol. The highest BCUT2D eigenvalue weighted by atomic mass is 16.5. The molecule has 4 nitrogen and oxygen atoms in total. The number of unbranched alkanes of at least 4 members (excludes halogenated alkanes) is 2. The number of hydrogen-bond acceptors (Lipinski definition) is 4. The minimum atomic E-state index is -0.0729. The quantitative estimate of drug-likeness (QED) is 0.499. The number of hydrogen-bond donors (Lipinski definition) is 2. The molecule has 0 amide bonds. The third-order valence-electron chi connectivity index (χ3n) is 3.79. The van der Waals surface area contributed by atoms with E-state index in [1.54, 1.807) is 0 Å². The maximum atomic E-state index is 11.1. The Kier molecular flexibility index (Phi) is 8.84. The predicted molar refractivity (Wildman–Crippen MR) is 75.9 cm³/mol. The lowest BCUT2D eigenvalue weighted by Gasteiger charge is -2.25. The van der Waals surface area contributed by atoms with Crippen molar-refractivity contribution in [1.82, 2.24) is 5.32 Å². The Hall–Kier alpha value is -0.610. The van der Waals surface area contributed by atoms with Gasteiger partial charge in [0, 0.05) is 6.42 Å². The summed E-state index contributed by atoms with van der Waals surface area (Å²) in [6.07, 6.45) is 7.85. The van der Waals surface area contributed by atoms with Gasteiger partial charge in [0.15, 0.2) is 0 Å². The summed E-state index contributed by atoms with van der Waals surface area (Å²) >= 11 is 0. The van der Waals surface area contributed by atoms with Crippen molar-refractivity contribution in [1.29, 1.82) is 0 Å². The van der Waals surface area contributed by atoms with Gasteiger partial charge in [0.1, 0.15) is 0 Å². The fraction of sp³-hybridized carbons (Fsp3) is 0.933. The Morgan fingerprint density at radius 1 is 1.21 bits per heavy atom. The van der Waals surface area contributed by atoms with Gasteiger partial charge in [0.2, 0.25) is 0 Å². The van der Waals surface area contributed by atoms with Gasteiger partial charge in [-0.15, -0.1) is 0 Å². The van der Waals surface area contributed by atoms with Crippen LogP contribution < -0.4 is 5.32 Å². The molecule has 1 fully saturated rings. The molecule has 1 aliphatic carbocycles. The smallest absolute Gasteiger partial charge is 0.305 e. The number of ether oxygens (including phenoxy) is 1. The second-order valence-electron chi connectivity index (χ2n) is 5.49. The summed E-state index contributed by atoms with van der Waals surface area (Å²) in [5.74, 6) is 0.666. The third-order valence-corrected chi connectivity index (χ3v) is 3.79. The van der Waals surface area contributed by atoms with Crippen LogP contribution in [-0.4, -0.2) is 36.9 Å². The van der Waals surface area contributed by atoms with Gasteiger partial charge >= 0.3 is 5.97 Å². The van der Waals surface area contributed by atoms with Crippen LogP contribution in [0.25, 0.3) is 0 Å². The molecule has 112 valence electrons. The highest BCUT2D eigenvalue weighted by molar-refractivity contribution is 5.69. The van der Waals surface area contributed by atoms with E-state index in [2.05, 4.69) is 5.32 Å². The van der Waals surface area contributed by atoms with Crippen LogP contribution in [0, 0.1) is 5.92 Å². The molecule has 0 spiro atoms. The first kappa shape index (κ1) is 16.4. The summed E-state index contributed by atoms with van der Waals surface area (Å²) in [5, 5.41) is 12.9. The molecule has 1 rings (SSSR count). The summed E-state index contributed by atoms with van der Waals surface area (Å²) in [7, 11) is 0. The topological polar surface area (TPSA) is 58.6 Å². The summed E-state index contributed by atoms with van der Waals surface area (Å²) in [6.45, 7) is 4.43. The summed E-state index contributed by atoms with van der Waals surface area (Å²) < 4.78 is 4.88. The van der Waals surface area contributed by atoms with Crippen molar-refractivity contribution in [3.8, 4) is 0 Å². The third kappa shape index (κ3) is 8.22. The Balaban J connectivity index is 1.85. The monoisotopic (exact) mass is 271 g/mol. The summed E-state index contributed by atoms with van der Waals surface area (Å²) in [6, 6.07) is 0. The SMILES string of the molecule is CCOC(=O)CCCCCNCC1CCC(O)CC1. The zero-order valence-electron chi connectivity index (χ0n) is 12.2. The lowest BCUT2D eigenvalue weighted by Crippen LogP contribution is -2.28. The first-order chi connectivity index (χ1) is 9.22. The molecule has 0 heterocycles. The first-order valence-electron chi connectivity index (χ1n) is 7.76. The number of aliphatic hydroxyl groups is 1. The van der Waals surface area contributed by atoms with Crippen molar-refractivity contribution < 1.29 is 14.6 Å². The highest BCUT2D eigenvalue weighted by Gasteiger charge is 2.18. The van der Waals surface area contributed by atoms with E-state index in [0.717, 1.165) is 64.0 Å². The van der Waals surface area contributed by atoms with Crippen LogP contribution in [0.1, 0.15) is 58.3 Å². The number of rotatable bonds is 9. The number of nitrogens with one attached hydrogen (secondary N) is 1. The van der Waals surface area contributed by atoms with Crippen molar-refractivity contribution in [2.45, 2.75) is 64.4 Å². The minimum absolute atomic E-state index is 0.0564. The van der Waals surface area contributed by atoms with Gasteiger partial charge in [0.05, 0.1) is 12.7 Å². The van der Waals surface area contributed by atoms with E-state index in [0.29, 0.717) is 13.0 Å². The van der Waals surface area contributed by atoms with Crippen LogP contribution >= 0.6 is 0 Å². The largest absolute Gasteiger partial charge is 0.466 e. The van der Waals surface area contributed by atoms with Crippen molar-refractivity contribution in [2.24, 2.45) is 5.92 Å². The summed E-state index contributed by atoms with van der Waals surface area (Å²) in [5.41, 5.74) is 0. The molecule has 0 aromatic rings. The van der Waals surface area contributed by atoms with Gasteiger partial charge in [0.25, 0.3) is 0 Å². The van der Waals surface area contributed by atoms with Gasteiger partial charge in [-0.05, 0) is 64.5 Å². The fourth-order valence-corrected chi connectivity index (χ4v) is 2.58. The maximum absolute atomic E-state index is 11.1. The fourth-order valence-electron chi connectivity index (χ4n) is 2.58. The van der Waals surface area contributed by atoms with Crippen molar-refractivity contribution in [3.63, 3.8) is 0 Å². The molecule has 0 radical (unpaired) electrons. The van der Waals surface area contributed by atoms with Gasteiger partial charge in [-0.1, -0.05) is 6.42 Å². The Morgan fingerprint density at radius 2 is 1.95 bits per heavy atom. The van der Waals surface area contributed by atoms with E-state index in [4.69, 9.17) is 4.74 Å². The van der Waals surface area contributed by atoms with Crippen LogP contribution in [0.15, 0.2) is 0 Å². The van der Waals surface area contributed by atoms with E-state index in [9.17, 15) is 9.90 Å². The molecule has 0 aliphatic heterocycles. The summed E-state index contributed by atoms with van der Waals surface area (Å²) in [4.78, 5) is 11.1. The molecule has 0 aromatic heterocycles. The van der Waals surface area contributed by atoms with Gasteiger partial charge in [-0.2, -0.15) is 0 Å². The second kappa shape index (κ2) is 10.2. The number of carbonyl (C=O) groups is 1.